The molecule has 4 nitrogen and oxygen atoms in total. The summed E-state index contributed by atoms with van der Waals surface area (Å²) >= 11 is 0. The van der Waals surface area contributed by atoms with Crippen molar-refractivity contribution in [2.24, 2.45) is 11.7 Å². The van der Waals surface area contributed by atoms with Crippen LogP contribution in [0, 0.1) is 19.8 Å². The van der Waals surface area contributed by atoms with Crippen molar-refractivity contribution in [3.63, 3.8) is 0 Å². The summed E-state index contributed by atoms with van der Waals surface area (Å²) in [5.41, 5.74) is 8.07. The van der Waals surface area contributed by atoms with Crippen LogP contribution in [0.3, 0.4) is 0 Å². The fraction of sp³-hybridized carbons (Fsp3) is 0.588. The highest BCUT2D eigenvalue weighted by Crippen LogP contribution is 2.22. The van der Waals surface area contributed by atoms with Gasteiger partial charge in [0, 0.05) is 0 Å². The lowest BCUT2D eigenvalue weighted by Gasteiger charge is -2.20. The van der Waals surface area contributed by atoms with Gasteiger partial charge >= 0.3 is 0 Å². The second-order valence-electron chi connectivity index (χ2n) is 6.18. The van der Waals surface area contributed by atoms with Crippen molar-refractivity contribution < 1.29 is 9.53 Å². The topological polar surface area (TPSA) is 64.3 Å². The van der Waals surface area contributed by atoms with E-state index in [-0.39, 0.29) is 24.4 Å². The summed E-state index contributed by atoms with van der Waals surface area (Å²) in [7, 11) is 0. The lowest BCUT2D eigenvalue weighted by Crippen LogP contribution is -2.46. The molecule has 5 heteroatoms. The normalized spacial score (nSPS) is 13.2. The fourth-order valence-corrected chi connectivity index (χ4v) is 2.24. The number of hydrogen-bond donors (Lipinski definition) is 2. The Morgan fingerprint density at radius 1 is 1.23 bits per heavy atom. The number of halogens is 1. The first-order valence-electron chi connectivity index (χ1n) is 7.56. The molecule has 0 aromatic heterocycles. The third kappa shape index (κ3) is 6.67. The molecule has 1 amide bonds. The summed E-state index contributed by atoms with van der Waals surface area (Å²) in [6.45, 7) is 10.5. The molecular weight excluding hydrogens is 300 g/mol. The van der Waals surface area contributed by atoms with Gasteiger partial charge in [-0.2, -0.15) is 0 Å². The van der Waals surface area contributed by atoms with Gasteiger partial charge in [0.05, 0.1) is 12.1 Å². The van der Waals surface area contributed by atoms with E-state index in [0.29, 0.717) is 18.9 Å². The summed E-state index contributed by atoms with van der Waals surface area (Å²) in [5, 5.41) is 2.91. The van der Waals surface area contributed by atoms with Crippen LogP contribution in [0.25, 0.3) is 0 Å². The minimum absolute atomic E-state index is 0. The van der Waals surface area contributed by atoms with Gasteiger partial charge in [-0.25, -0.2) is 0 Å². The number of carbonyl (C=O) groups is 1. The van der Waals surface area contributed by atoms with Crippen molar-refractivity contribution in [2.45, 2.75) is 53.1 Å². The van der Waals surface area contributed by atoms with E-state index in [4.69, 9.17) is 10.5 Å². The van der Waals surface area contributed by atoms with Crippen molar-refractivity contribution in [3.05, 3.63) is 29.3 Å². The Labute approximate surface area is 140 Å². The standard InChI is InChI=1S/C17H28N2O2.ClH/c1-11(2)9-15(18)17(20)19-14(5)10-21-16-12(3)7-6-8-13(16)4;/h6-8,11,14-15H,9-10,18H2,1-5H3,(H,19,20);1H/t14?,15-;/m0./s1. The van der Waals surface area contributed by atoms with Gasteiger partial charge in [0.15, 0.2) is 0 Å². The molecule has 0 bridgehead atoms. The molecule has 2 atom stereocenters. The molecule has 126 valence electrons. The number of carbonyl (C=O) groups excluding carboxylic acids is 1. The van der Waals surface area contributed by atoms with Crippen LogP contribution in [0.2, 0.25) is 0 Å². The van der Waals surface area contributed by atoms with Crippen molar-refractivity contribution in [3.8, 4) is 5.75 Å². The van der Waals surface area contributed by atoms with Gasteiger partial charge in [0.1, 0.15) is 12.4 Å². The zero-order valence-electron chi connectivity index (χ0n) is 14.2. The summed E-state index contributed by atoms with van der Waals surface area (Å²) in [6, 6.07) is 5.52. The molecule has 1 aromatic carbocycles. The highest BCUT2D eigenvalue weighted by Gasteiger charge is 2.17. The highest BCUT2D eigenvalue weighted by molar-refractivity contribution is 5.85. The van der Waals surface area contributed by atoms with E-state index >= 15 is 0 Å². The largest absolute Gasteiger partial charge is 0.491 e. The van der Waals surface area contributed by atoms with Crippen molar-refractivity contribution in [2.75, 3.05) is 6.61 Å². The highest BCUT2D eigenvalue weighted by atomic mass is 35.5. The van der Waals surface area contributed by atoms with E-state index in [2.05, 4.69) is 19.2 Å². The van der Waals surface area contributed by atoms with Gasteiger partial charge in [-0.3, -0.25) is 4.79 Å². The first-order valence-corrected chi connectivity index (χ1v) is 7.56. The van der Waals surface area contributed by atoms with Gasteiger partial charge in [-0.1, -0.05) is 32.0 Å². The minimum Gasteiger partial charge on any atom is -0.491 e. The maximum atomic E-state index is 11.9. The number of rotatable bonds is 7. The van der Waals surface area contributed by atoms with Gasteiger partial charge in [-0.15, -0.1) is 12.4 Å². The SMILES string of the molecule is Cc1cccc(C)c1OCC(C)NC(=O)[C@@H](N)CC(C)C.Cl. The molecular formula is C17H29ClN2O2. The van der Waals surface area contributed by atoms with Crippen molar-refractivity contribution in [1.82, 2.24) is 5.32 Å². The lowest BCUT2D eigenvalue weighted by atomic mass is 10.0. The molecule has 22 heavy (non-hydrogen) atoms. The van der Waals surface area contributed by atoms with E-state index in [1.165, 1.54) is 0 Å². The number of aryl methyl sites for hydroxylation is 2. The van der Waals surface area contributed by atoms with Crippen LogP contribution >= 0.6 is 12.4 Å². The molecule has 0 heterocycles. The van der Waals surface area contributed by atoms with Crippen LogP contribution in [0.15, 0.2) is 18.2 Å². The number of amides is 1. The fourth-order valence-electron chi connectivity index (χ4n) is 2.24. The van der Waals surface area contributed by atoms with Crippen LogP contribution in [0.5, 0.6) is 5.75 Å². The van der Waals surface area contributed by atoms with Crippen LogP contribution in [0.4, 0.5) is 0 Å². The first-order chi connectivity index (χ1) is 9.81. The van der Waals surface area contributed by atoms with Crippen molar-refractivity contribution in [1.29, 1.82) is 0 Å². The number of nitrogens with two attached hydrogens (primary N) is 1. The van der Waals surface area contributed by atoms with Crippen LogP contribution < -0.4 is 15.8 Å². The number of nitrogens with one attached hydrogen (secondary N) is 1. The summed E-state index contributed by atoms with van der Waals surface area (Å²) in [4.78, 5) is 11.9. The summed E-state index contributed by atoms with van der Waals surface area (Å²) in [5.74, 6) is 1.19. The first kappa shape index (κ1) is 20.7. The monoisotopic (exact) mass is 328 g/mol. The molecule has 0 aliphatic heterocycles. The van der Waals surface area contributed by atoms with Crippen LogP contribution in [0.1, 0.15) is 38.3 Å². The van der Waals surface area contributed by atoms with E-state index in [9.17, 15) is 4.79 Å². The molecule has 0 saturated carbocycles. The molecule has 0 radical (unpaired) electrons. The van der Waals surface area contributed by atoms with E-state index in [0.717, 1.165) is 16.9 Å². The Kier molecular flexibility index (Phi) is 9.14. The predicted octanol–water partition coefficient (Wildman–Crippen LogP) is 2.98. The lowest BCUT2D eigenvalue weighted by molar-refractivity contribution is -0.123. The molecule has 1 aromatic rings. The van der Waals surface area contributed by atoms with E-state index < -0.39 is 6.04 Å². The molecule has 0 aliphatic carbocycles. The number of benzene rings is 1. The van der Waals surface area contributed by atoms with Crippen LogP contribution in [-0.4, -0.2) is 24.6 Å². The molecule has 0 spiro atoms. The van der Waals surface area contributed by atoms with Gasteiger partial charge < -0.3 is 15.8 Å². The Morgan fingerprint density at radius 3 is 2.27 bits per heavy atom. The second-order valence-corrected chi connectivity index (χ2v) is 6.18. The zero-order chi connectivity index (χ0) is 16.0. The van der Waals surface area contributed by atoms with Gasteiger partial charge in [-0.05, 0) is 44.2 Å². The van der Waals surface area contributed by atoms with E-state index in [1.54, 1.807) is 0 Å². The predicted molar refractivity (Wildman–Crippen MR) is 93.7 cm³/mol. The number of para-hydroxylation sites is 1. The summed E-state index contributed by atoms with van der Waals surface area (Å²) in [6.07, 6.45) is 0.691. The zero-order valence-corrected chi connectivity index (χ0v) is 15.0. The average Bonchev–Trinajstić information content (AvgIpc) is 2.37. The Balaban J connectivity index is 0.00000441. The average molecular weight is 329 g/mol. The molecule has 0 fully saturated rings. The molecule has 3 N–H and O–H groups in total. The van der Waals surface area contributed by atoms with E-state index in [1.807, 2.05) is 39.0 Å². The summed E-state index contributed by atoms with van der Waals surface area (Å²) < 4.78 is 5.84. The Bertz CT molecular complexity index is 457. The molecule has 0 aliphatic rings. The Morgan fingerprint density at radius 2 is 1.77 bits per heavy atom. The maximum absolute atomic E-state index is 11.9. The number of ether oxygens (including phenoxy) is 1. The quantitative estimate of drug-likeness (QED) is 0.808. The van der Waals surface area contributed by atoms with Crippen molar-refractivity contribution >= 4 is 18.3 Å². The third-order valence-corrected chi connectivity index (χ3v) is 3.34. The molecule has 0 saturated heterocycles. The van der Waals surface area contributed by atoms with Gasteiger partial charge in [0.2, 0.25) is 5.91 Å². The third-order valence-electron chi connectivity index (χ3n) is 3.34. The molecule has 1 rings (SSSR count). The van der Waals surface area contributed by atoms with Crippen LogP contribution in [-0.2, 0) is 4.79 Å². The Hall–Kier alpha value is -1.26. The number of hydrogen-bond acceptors (Lipinski definition) is 3. The smallest absolute Gasteiger partial charge is 0.237 e. The molecule has 1 unspecified atom stereocenters. The second kappa shape index (κ2) is 9.70. The maximum Gasteiger partial charge on any atom is 0.237 e. The minimum atomic E-state index is -0.451. The van der Waals surface area contributed by atoms with Gasteiger partial charge in [0.25, 0.3) is 0 Å².